The molecule has 1 amide bonds. The summed E-state index contributed by atoms with van der Waals surface area (Å²) in [5.41, 5.74) is 1.53. The maximum absolute atomic E-state index is 12.2. The zero-order valence-electron chi connectivity index (χ0n) is 13.1. The number of halogens is 3. The van der Waals surface area contributed by atoms with Crippen molar-refractivity contribution in [3.8, 4) is 17.2 Å². The molecular formula is C17H13F3N2O3. The zero-order chi connectivity index (χ0) is 18.0. The second-order valence-electron chi connectivity index (χ2n) is 5.23. The van der Waals surface area contributed by atoms with Crippen molar-refractivity contribution in [3.05, 3.63) is 48.0 Å². The van der Waals surface area contributed by atoms with Crippen molar-refractivity contribution < 1.29 is 27.1 Å². The quantitative estimate of drug-likeness (QED) is 0.777. The minimum atomic E-state index is -4.47. The number of carbonyl (C=O) groups is 1. The number of nitrogens with zero attached hydrogens (tertiary/aromatic N) is 1. The van der Waals surface area contributed by atoms with Crippen molar-refractivity contribution in [1.82, 2.24) is 10.3 Å². The predicted molar refractivity (Wildman–Crippen MR) is 84.4 cm³/mol. The van der Waals surface area contributed by atoms with Gasteiger partial charge in [0.2, 0.25) is 5.89 Å². The van der Waals surface area contributed by atoms with E-state index in [9.17, 15) is 18.0 Å². The van der Waals surface area contributed by atoms with Gasteiger partial charge in [0.1, 0.15) is 17.8 Å². The summed E-state index contributed by atoms with van der Waals surface area (Å²) in [4.78, 5) is 16.1. The Hall–Kier alpha value is -3.03. The summed E-state index contributed by atoms with van der Waals surface area (Å²) in [5.74, 6) is 0.118. The molecule has 0 saturated heterocycles. The van der Waals surface area contributed by atoms with E-state index in [1.54, 1.807) is 24.3 Å². The van der Waals surface area contributed by atoms with Crippen LogP contribution in [-0.2, 0) is 0 Å². The van der Waals surface area contributed by atoms with Crippen LogP contribution >= 0.6 is 0 Å². The fraction of sp³-hybridized carbons (Fsp3) is 0.176. The number of ether oxygens (including phenoxy) is 1. The first-order valence-corrected chi connectivity index (χ1v) is 7.26. The van der Waals surface area contributed by atoms with Gasteiger partial charge in [-0.1, -0.05) is 6.07 Å². The molecule has 1 N–H and O–H groups in total. The third-order valence-corrected chi connectivity index (χ3v) is 3.42. The minimum absolute atomic E-state index is 0.0603. The molecule has 2 aromatic carbocycles. The molecule has 0 radical (unpaired) electrons. The molecule has 0 atom stereocenters. The highest BCUT2D eigenvalue weighted by Gasteiger charge is 2.28. The third kappa shape index (κ3) is 3.90. The van der Waals surface area contributed by atoms with Crippen LogP contribution in [0, 0.1) is 0 Å². The van der Waals surface area contributed by atoms with Crippen LogP contribution in [0.1, 0.15) is 10.4 Å². The van der Waals surface area contributed by atoms with E-state index in [1.165, 1.54) is 25.3 Å². The van der Waals surface area contributed by atoms with Crippen molar-refractivity contribution in [2.24, 2.45) is 0 Å². The van der Waals surface area contributed by atoms with Gasteiger partial charge in [0.05, 0.1) is 7.11 Å². The number of alkyl halides is 3. The number of rotatable bonds is 4. The summed E-state index contributed by atoms with van der Waals surface area (Å²) in [6, 6.07) is 11.3. The molecule has 0 saturated carbocycles. The SMILES string of the molecule is COc1cccc(-c2nc3ccc(C(=O)NCC(F)(F)F)cc3o2)c1. The summed E-state index contributed by atoms with van der Waals surface area (Å²) in [6.45, 7) is -1.39. The molecule has 0 unspecified atom stereocenters. The van der Waals surface area contributed by atoms with Crippen molar-refractivity contribution in [2.45, 2.75) is 6.18 Å². The van der Waals surface area contributed by atoms with E-state index in [4.69, 9.17) is 9.15 Å². The Balaban J connectivity index is 1.87. The van der Waals surface area contributed by atoms with Crippen molar-refractivity contribution in [2.75, 3.05) is 13.7 Å². The second kappa shape index (κ2) is 6.46. The summed E-state index contributed by atoms with van der Waals surface area (Å²) >= 11 is 0. The van der Waals surface area contributed by atoms with E-state index in [1.807, 2.05) is 5.32 Å². The highest BCUT2D eigenvalue weighted by Crippen LogP contribution is 2.27. The summed E-state index contributed by atoms with van der Waals surface area (Å²) in [5, 5.41) is 1.81. The third-order valence-electron chi connectivity index (χ3n) is 3.42. The number of hydrogen-bond donors (Lipinski definition) is 1. The number of hydrogen-bond acceptors (Lipinski definition) is 4. The van der Waals surface area contributed by atoms with Gasteiger partial charge in [-0.2, -0.15) is 13.2 Å². The van der Waals surface area contributed by atoms with Crippen LogP contribution in [0.5, 0.6) is 5.75 Å². The van der Waals surface area contributed by atoms with Crippen LogP contribution in [0.25, 0.3) is 22.6 Å². The molecule has 25 heavy (non-hydrogen) atoms. The number of oxazole rings is 1. The Morgan fingerprint density at radius 1 is 1.24 bits per heavy atom. The largest absolute Gasteiger partial charge is 0.497 e. The topological polar surface area (TPSA) is 64.4 Å². The van der Waals surface area contributed by atoms with E-state index in [0.717, 1.165) is 0 Å². The lowest BCUT2D eigenvalue weighted by atomic mass is 10.2. The number of fused-ring (bicyclic) bond motifs is 1. The van der Waals surface area contributed by atoms with Gasteiger partial charge in [0.15, 0.2) is 5.58 Å². The molecule has 5 nitrogen and oxygen atoms in total. The molecule has 1 heterocycles. The Morgan fingerprint density at radius 2 is 2.04 bits per heavy atom. The molecule has 0 aliphatic carbocycles. The van der Waals surface area contributed by atoms with E-state index in [-0.39, 0.29) is 5.56 Å². The first-order valence-electron chi connectivity index (χ1n) is 7.26. The molecule has 3 aromatic rings. The number of amides is 1. The van der Waals surface area contributed by atoms with Gasteiger partial charge >= 0.3 is 6.18 Å². The summed E-state index contributed by atoms with van der Waals surface area (Å²) < 4.78 is 47.3. The van der Waals surface area contributed by atoms with Gasteiger partial charge in [0, 0.05) is 11.1 Å². The lowest BCUT2D eigenvalue weighted by molar-refractivity contribution is -0.123. The summed E-state index contributed by atoms with van der Waals surface area (Å²) in [7, 11) is 1.54. The Bertz CT molecular complexity index is 919. The zero-order valence-corrected chi connectivity index (χ0v) is 13.1. The highest BCUT2D eigenvalue weighted by molar-refractivity contribution is 5.97. The van der Waals surface area contributed by atoms with E-state index >= 15 is 0 Å². The number of benzene rings is 2. The van der Waals surface area contributed by atoms with Gasteiger partial charge in [-0.25, -0.2) is 4.98 Å². The molecule has 0 spiro atoms. The fourth-order valence-electron chi connectivity index (χ4n) is 2.23. The molecule has 130 valence electrons. The van der Waals surface area contributed by atoms with Gasteiger partial charge in [-0.3, -0.25) is 4.79 Å². The minimum Gasteiger partial charge on any atom is -0.497 e. The smallest absolute Gasteiger partial charge is 0.405 e. The van der Waals surface area contributed by atoms with Crippen LogP contribution in [-0.4, -0.2) is 30.7 Å². The predicted octanol–water partition coefficient (Wildman–Crippen LogP) is 3.80. The van der Waals surface area contributed by atoms with Crippen LogP contribution in [0.2, 0.25) is 0 Å². The van der Waals surface area contributed by atoms with E-state index < -0.39 is 18.6 Å². The molecular weight excluding hydrogens is 337 g/mol. The standard InChI is InChI=1S/C17H13F3N2O3/c1-24-12-4-2-3-11(7-12)16-22-13-6-5-10(8-14(13)25-16)15(23)21-9-17(18,19)20/h2-8H,9H2,1H3,(H,21,23). The lowest BCUT2D eigenvalue weighted by Gasteiger charge is -2.07. The second-order valence-corrected chi connectivity index (χ2v) is 5.23. The number of nitrogens with one attached hydrogen (secondary N) is 1. The van der Waals surface area contributed by atoms with Crippen LogP contribution in [0.4, 0.5) is 13.2 Å². The van der Waals surface area contributed by atoms with Crippen LogP contribution < -0.4 is 10.1 Å². The van der Waals surface area contributed by atoms with Crippen LogP contribution in [0.15, 0.2) is 46.9 Å². The normalized spacial score (nSPS) is 11.5. The van der Waals surface area contributed by atoms with Gasteiger partial charge < -0.3 is 14.5 Å². The average molecular weight is 350 g/mol. The summed E-state index contributed by atoms with van der Waals surface area (Å²) in [6.07, 6.45) is -4.47. The van der Waals surface area contributed by atoms with E-state index in [2.05, 4.69) is 4.98 Å². The number of carbonyl (C=O) groups excluding carboxylic acids is 1. The Labute approximate surface area is 140 Å². The monoisotopic (exact) mass is 350 g/mol. The maximum atomic E-state index is 12.2. The average Bonchev–Trinajstić information content (AvgIpc) is 3.02. The Kier molecular flexibility index (Phi) is 4.35. The maximum Gasteiger partial charge on any atom is 0.405 e. The van der Waals surface area contributed by atoms with Crippen molar-refractivity contribution in [3.63, 3.8) is 0 Å². The molecule has 0 bridgehead atoms. The number of aromatic nitrogens is 1. The molecule has 3 rings (SSSR count). The Morgan fingerprint density at radius 3 is 2.76 bits per heavy atom. The van der Waals surface area contributed by atoms with Gasteiger partial charge in [-0.05, 0) is 36.4 Å². The molecule has 0 fully saturated rings. The van der Waals surface area contributed by atoms with Crippen molar-refractivity contribution in [1.29, 1.82) is 0 Å². The molecule has 8 heteroatoms. The molecule has 1 aromatic heterocycles. The first kappa shape index (κ1) is 16.8. The van der Waals surface area contributed by atoms with Gasteiger partial charge in [0.25, 0.3) is 5.91 Å². The molecule has 0 aliphatic heterocycles. The first-order chi connectivity index (χ1) is 11.9. The van der Waals surface area contributed by atoms with E-state index in [0.29, 0.717) is 28.3 Å². The van der Waals surface area contributed by atoms with Crippen molar-refractivity contribution >= 4 is 17.0 Å². The highest BCUT2D eigenvalue weighted by atomic mass is 19.4. The fourth-order valence-corrected chi connectivity index (χ4v) is 2.23. The molecule has 0 aliphatic rings. The number of methoxy groups -OCH3 is 1. The van der Waals surface area contributed by atoms with Crippen LogP contribution in [0.3, 0.4) is 0 Å². The van der Waals surface area contributed by atoms with Gasteiger partial charge in [-0.15, -0.1) is 0 Å². The lowest BCUT2D eigenvalue weighted by Crippen LogP contribution is -2.33.